The minimum atomic E-state index is 0.215. The Kier molecular flexibility index (Phi) is 2.45. The van der Waals surface area contributed by atoms with Crippen LogP contribution in [0.3, 0.4) is 0 Å². The summed E-state index contributed by atoms with van der Waals surface area (Å²) < 4.78 is 0. The number of fused-ring (bicyclic) bond motifs is 1. The van der Waals surface area contributed by atoms with Gasteiger partial charge in [0.2, 0.25) is 0 Å². The zero-order valence-corrected chi connectivity index (χ0v) is 9.96. The quantitative estimate of drug-likeness (QED) is 0.705. The van der Waals surface area contributed by atoms with E-state index in [9.17, 15) is 5.11 Å². The monoisotopic (exact) mass is 236 g/mol. The molecule has 0 bridgehead atoms. The number of hydrogen-bond donors (Lipinski definition) is 1. The lowest BCUT2D eigenvalue weighted by molar-refractivity contribution is 0.468. The number of aromatic nitrogens is 2. The molecule has 3 heteroatoms. The van der Waals surface area contributed by atoms with Crippen molar-refractivity contribution in [3.05, 3.63) is 54.4 Å². The number of rotatable bonds is 1. The molecule has 0 aliphatic heterocycles. The Morgan fingerprint density at radius 2 is 1.89 bits per heavy atom. The molecule has 2 aromatic heterocycles. The van der Waals surface area contributed by atoms with Gasteiger partial charge in [0.1, 0.15) is 5.75 Å². The van der Waals surface area contributed by atoms with Gasteiger partial charge in [0.05, 0.1) is 16.9 Å². The van der Waals surface area contributed by atoms with Crippen LogP contribution in [0, 0.1) is 6.92 Å². The molecule has 3 aromatic rings. The van der Waals surface area contributed by atoms with E-state index in [1.54, 1.807) is 25.3 Å². The zero-order chi connectivity index (χ0) is 12.5. The van der Waals surface area contributed by atoms with Crippen LogP contribution in [-0.4, -0.2) is 15.1 Å². The van der Waals surface area contributed by atoms with Crippen molar-refractivity contribution in [1.29, 1.82) is 0 Å². The second-order valence-electron chi connectivity index (χ2n) is 4.22. The van der Waals surface area contributed by atoms with E-state index in [4.69, 9.17) is 0 Å². The molecule has 0 aliphatic carbocycles. The normalized spacial score (nSPS) is 10.7. The van der Waals surface area contributed by atoms with Crippen molar-refractivity contribution in [2.75, 3.05) is 0 Å². The van der Waals surface area contributed by atoms with E-state index in [2.05, 4.69) is 16.0 Å². The third kappa shape index (κ3) is 1.80. The van der Waals surface area contributed by atoms with Crippen molar-refractivity contribution in [3.8, 4) is 17.0 Å². The largest absolute Gasteiger partial charge is 0.506 e. The van der Waals surface area contributed by atoms with Crippen LogP contribution in [-0.2, 0) is 0 Å². The van der Waals surface area contributed by atoms with Crippen molar-refractivity contribution in [2.24, 2.45) is 0 Å². The molecule has 88 valence electrons. The topological polar surface area (TPSA) is 46.0 Å². The van der Waals surface area contributed by atoms with E-state index < -0.39 is 0 Å². The first-order chi connectivity index (χ1) is 8.74. The Morgan fingerprint density at radius 3 is 2.72 bits per heavy atom. The molecule has 1 aromatic carbocycles. The van der Waals surface area contributed by atoms with Crippen LogP contribution < -0.4 is 0 Å². The first-order valence-electron chi connectivity index (χ1n) is 5.76. The number of aryl methyl sites for hydroxylation is 1. The van der Waals surface area contributed by atoms with Crippen LogP contribution in [0.1, 0.15) is 5.69 Å². The summed E-state index contributed by atoms with van der Waals surface area (Å²) in [6, 6.07) is 13.5. The van der Waals surface area contributed by atoms with E-state index in [1.807, 2.05) is 24.3 Å². The fraction of sp³-hybridized carbons (Fsp3) is 0.0667. The number of nitrogens with zero attached hydrogens (tertiary/aromatic N) is 2. The van der Waals surface area contributed by atoms with Crippen molar-refractivity contribution in [1.82, 2.24) is 9.97 Å². The maximum atomic E-state index is 9.48. The molecule has 3 rings (SSSR count). The first-order valence-corrected chi connectivity index (χ1v) is 5.76. The van der Waals surface area contributed by atoms with Crippen LogP contribution in [0.4, 0.5) is 0 Å². The molecule has 0 saturated heterocycles. The Bertz CT molecular complexity index is 723. The second kappa shape index (κ2) is 4.11. The molecule has 0 atom stereocenters. The van der Waals surface area contributed by atoms with Gasteiger partial charge in [0.25, 0.3) is 0 Å². The molecular formula is C15H12N2O. The number of aromatic hydroxyl groups is 1. The molecule has 18 heavy (non-hydrogen) atoms. The van der Waals surface area contributed by atoms with Crippen LogP contribution in [0.25, 0.3) is 22.2 Å². The van der Waals surface area contributed by atoms with Crippen molar-refractivity contribution in [2.45, 2.75) is 6.92 Å². The highest BCUT2D eigenvalue weighted by molar-refractivity contribution is 5.82. The van der Waals surface area contributed by atoms with E-state index >= 15 is 0 Å². The van der Waals surface area contributed by atoms with E-state index in [-0.39, 0.29) is 5.75 Å². The zero-order valence-electron chi connectivity index (χ0n) is 9.96. The number of hydrogen-bond acceptors (Lipinski definition) is 3. The molecule has 0 saturated carbocycles. The summed E-state index contributed by atoms with van der Waals surface area (Å²) in [5.41, 5.74) is 3.37. The summed E-state index contributed by atoms with van der Waals surface area (Å²) in [5.74, 6) is 0.215. The van der Waals surface area contributed by atoms with Gasteiger partial charge in [-0.1, -0.05) is 18.2 Å². The van der Waals surface area contributed by atoms with E-state index in [0.29, 0.717) is 5.69 Å². The summed E-state index contributed by atoms with van der Waals surface area (Å²) in [6.45, 7) is 1.79. The Morgan fingerprint density at radius 1 is 1.06 bits per heavy atom. The van der Waals surface area contributed by atoms with Crippen molar-refractivity contribution < 1.29 is 5.11 Å². The van der Waals surface area contributed by atoms with Gasteiger partial charge < -0.3 is 5.11 Å². The van der Waals surface area contributed by atoms with Gasteiger partial charge in [-0.3, -0.25) is 4.98 Å². The minimum Gasteiger partial charge on any atom is -0.506 e. The molecule has 0 aliphatic rings. The molecule has 0 amide bonds. The van der Waals surface area contributed by atoms with Gasteiger partial charge in [-0.2, -0.15) is 0 Å². The third-order valence-corrected chi connectivity index (χ3v) is 2.94. The molecule has 3 nitrogen and oxygen atoms in total. The van der Waals surface area contributed by atoms with Crippen LogP contribution in [0.15, 0.2) is 48.7 Å². The lowest BCUT2D eigenvalue weighted by atomic mass is 10.1. The average Bonchev–Trinajstić information content (AvgIpc) is 2.41. The lowest BCUT2D eigenvalue weighted by Gasteiger charge is -2.04. The predicted molar refractivity (Wildman–Crippen MR) is 71.4 cm³/mol. The molecule has 0 spiro atoms. The maximum absolute atomic E-state index is 9.48. The van der Waals surface area contributed by atoms with Gasteiger partial charge in [0.15, 0.2) is 0 Å². The molecule has 0 unspecified atom stereocenters. The van der Waals surface area contributed by atoms with Gasteiger partial charge in [-0.05, 0) is 31.2 Å². The first kappa shape index (κ1) is 10.7. The SMILES string of the molecule is Cc1nc(-c2cnc3ccccc3c2)ccc1O. The summed E-state index contributed by atoms with van der Waals surface area (Å²) >= 11 is 0. The van der Waals surface area contributed by atoms with Gasteiger partial charge >= 0.3 is 0 Å². The number of benzene rings is 1. The number of pyridine rings is 2. The average molecular weight is 236 g/mol. The van der Waals surface area contributed by atoms with Gasteiger partial charge in [0, 0.05) is 17.1 Å². The Hall–Kier alpha value is -2.42. The van der Waals surface area contributed by atoms with Crippen LogP contribution in [0.2, 0.25) is 0 Å². The highest BCUT2D eigenvalue weighted by atomic mass is 16.3. The Balaban J connectivity index is 2.16. The summed E-state index contributed by atoms with van der Waals surface area (Å²) in [7, 11) is 0. The smallest absolute Gasteiger partial charge is 0.136 e. The minimum absolute atomic E-state index is 0.215. The standard InChI is InChI=1S/C15H12N2O/c1-10-15(18)7-6-14(17-10)12-8-11-4-2-3-5-13(11)16-9-12/h2-9,18H,1H3. The van der Waals surface area contributed by atoms with Gasteiger partial charge in [-0.25, -0.2) is 4.98 Å². The molecule has 2 heterocycles. The fourth-order valence-electron chi connectivity index (χ4n) is 1.93. The molecular weight excluding hydrogens is 224 g/mol. The molecule has 0 radical (unpaired) electrons. The van der Waals surface area contributed by atoms with Crippen LogP contribution >= 0.6 is 0 Å². The van der Waals surface area contributed by atoms with Gasteiger partial charge in [-0.15, -0.1) is 0 Å². The number of para-hydroxylation sites is 1. The van der Waals surface area contributed by atoms with Crippen molar-refractivity contribution >= 4 is 10.9 Å². The second-order valence-corrected chi connectivity index (χ2v) is 4.22. The van der Waals surface area contributed by atoms with E-state index in [1.165, 1.54) is 0 Å². The fourth-order valence-corrected chi connectivity index (χ4v) is 1.93. The predicted octanol–water partition coefficient (Wildman–Crippen LogP) is 3.31. The van der Waals surface area contributed by atoms with E-state index in [0.717, 1.165) is 22.2 Å². The highest BCUT2D eigenvalue weighted by Crippen LogP contribution is 2.23. The van der Waals surface area contributed by atoms with Crippen LogP contribution in [0.5, 0.6) is 5.75 Å². The Labute approximate surface area is 105 Å². The molecule has 1 N–H and O–H groups in total. The molecule has 0 fully saturated rings. The van der Waals surface area contributed by atoms with Crippen molar-refractivity contribution in [3.63, 3.8) is 0 Å². The summed E-state index contributed by atoms with van der Waals surface area (Å²) in [5, 5.41) is 10.6. The third-order valence-electron chi connectivity index (χ3n) is 2.94. The maximum Gasteiger partial charge on any atom is 0.136 e. The summed E-state index contributed by atoms with van der Waals surface area (Å²) in [4.78, 5) is 8.77. The highest BCUT2D eigenvalue weighted by Gasteiger charge is 2.04. The lowest BCUT2D eigenvalue weighted by Crippen LogP contribution is -1.88. The summed E-state index contributed by atoms with van der Waals surface area (Å²) in [6.07, 6.45) is 1.81.